The Labute approximate surface area is 216 Å². The van der Waals surface area contributed by atoms with Crippen molar-refractivity contribution < 1.29 is 14.3 Å². The number of methoxy groups -OCH3 is 1. The minimum Gasteiger partial charge on any atom is -0.497 e. The first-order chi connectivity index (χ1) is 16.3. The highest BCUT2D eigenvalue weighted by molar-refractivity contribution is 9.10. The van der Waals surface area contributed by atoms with Crippen LogP contribution in [-0.2, 0) is 4.79 Å². The fraction of sp³-hybridized carbons (Fsp3) is 0.200. The van der Waals surface area contributed by atoms with Crippen LogP contribution in [-0.4, -0.2) is 23.9 Å². The van der Waals surface area contributed by atoms with Crippen molar-refractivity contribution in [3.63, 3.8) is 0 Å². The summed E-state index contributed by atoms with van der Waals surface area (Å²) in [6.07, 6.45) is 0. The minimum atomic E-state index is -1.10. The molecule has 1 fully saturated rings. The number of fused-ring (bicyclic) bond motifs is 4. The second-order valence-electron chi connectivity index (χ2n) is 8.27. The first kappa shape index (κ1) is 23.0. The molecule has 0 radical (unpaired) electrons. The zero-order valence-corrected chi connectivity index (χ0v) is 21.5. The average Bonchev–Trinajstić information content (AvgIpc) is 2.81. The minimum absolute atomic E-state index is 0.208. The van der Waals surface area contributed by atoms with Crippen LogP contribution in [0.15, 0.2) is 71.2 Å². The van der Waals surface area contributed by atoms with E-state index in [-0.39, 0.29) is 5.91 Å². The lowest BCUT2D eigenvalue weighted by Crippen LogP contribution is -2.72. The van der Waals surface area contributed by atoms with E-state index in [2.05, 4.69) is 26.6 Å². The Bertz CT molecular complexity index is 1270. The number of thiocarbonyl (C=S) groups is 1. The molecule has 3 atom stereocenters. The van der Waals surface area contributed by atoms with Crippen LogP contribution in [0.3, 0.4) is 0 Å². The Morgan fingerprint density at radius 2 is 1.88 bits per heavy atom. The summed E-state index contributed by atoms with van der Waals surface area (Å²) < 4.78 is 13.0. The van der Waals surface area contributed by atoms with Crippen LogP contribution in [0.4, 0.5) is 11.4 Å². The van der Waals surface area contributed by atoms with Crippen molar-refractivity contribution in [2.24, 2.45) is 5.92 Å². The fourth-order valence-electron chi connectivity index (χ4n) is 4.62. The first-order valence-electron chi connectivity index (χ1n) is 10.6. The third kappa shape index (κ3) is 3.89. The summed E-state index contributed by atoms with van der Waals surface area (Å²) >= 11 is 15.3. The molecule has 1 saturated heterocycles. The molecule has 3 aromatic rings. The Balaban J connectivity index is 1.62. The predicted octanol–water partition coefficient (Wildman–Crippen LogP) is 5.91. The van der Waals surface area contributed by atoms with Gasteiger partial charge < -0.3 is 20.1 Å². The van der Waals surface area contributed by atoms with E-state index in [9.17, 15) is 4.79 Å². The molecule has 0 spiro atoms. The van der Waals surface area contributed by atoms with Crippen LogP contribution in [0.1, 0.15) is 18.5 Å². The standard InChI is InChI=1S/C25H21BrClN3O3S/c1-25-21(23(31)28-16-7-5-15(27)6-8-16)22(19-13-18(32-2)11-12-20(19)33-25)29-24(34)30(25)17-9-3-14(26)4-10-17/h3-13,21-22H,1-2H3,(H,28,31)(H,29,34)/t21-,22+,25-/m0/s1. The molecule has 0 saturated carbocycles. The van der Waals surface area contributed by atoms with Crippen LogP contribution in [0.5, 0.6) is 11.5 Å². The summed E-state index contributed by atoms with van der Waals surface area (Å²) in [5.74, 6) is 0.477. The molecule has 0 aliphatic carbocycles. The van der Waals surface area contributed by atoms with Gasteiger partial charge in [-0.2, -0.15) is 0 Å². The summed E-state index contributed by atoms with van der Waals surface area (Å²) in [4.78, 5) is 15.7. The number of nitrogens with zero attached hydrogens (tertiary/aromatic N) is 1. The Kier molecular flexibility index (Phi) is 5.91. The normalized spacial score (nSPS) is 22.8. The van der Waals surface area contributed by atoms with Crippen LogP contribution >= 0.6 is 39.7 Å². The van der Waals surface area contributed by atoms with Gasteiger partial charge in [0.15, 0.2) is 10.8 Å². The van der Waals surface area contributed by atoms with Crippen LogP contribution in [0, 0.1) is 5.92 Å². The highest BCUT2D eigenvalue weighted by Gasteiger charge is 2.59. The summed E-state index contributed by atoms with van der Waals surface area (Å²) in [5.41, 5.74) is 1.16. The number of rotatable bonds is 4. The molecular formula is C25H21BrClN3O3S. The summed E-state index contributed by atoms with van der Waals surface area (Å²) in [7, 11) is 1.61. The average molecular weight is 559 g/mol. The van der Waals surface area contributed by atoms with Crippen LogP contribution in [0.2, 0.25) is 5.02 Å². The van der Waals surface area contributed by atoms with Gasteiger partial charge in [-0.3, -0.25) is 9.69 Å². The highest BCUT2D eigenvalue weighted by atomic mass is 79.9. The van der Waals surface area contributed by atoms with E-state index >= 15 is 0 Å². The first-order valence-corrected chi connectivity index (χ1v) is 12.2. The molecule has 2 aliphatic heterocycles. The number of ether oxygens (including phenoxy) is 2. The lowest BCUT2D eigenvalue weighted by atomic mass is 9.78. The molecular weight excluding hydrogens is 538 g/mol. The lowest BCUT2D eigenvalue weighted by molar-refractivity contribution is -0.130. The Morgan fingerprint density at radius 3 is 2.56 bits per heavy atom. The molecule has 2 bridgehead atoms. The van der Waals surface area contributed by atoms with Crippen molar-refractivity contribution in [2.45, 2.75) is 18.7 Å². The van der Waals surface area contributed by atoms with Gasteiger partial charge in [0.2, 0.25) is 5.91 Å². The summed E-state index contributed by atoms with van der Waals surface area (Å²) in [6.45, 7) is 1.90. The van der Waals surface area contributed by atoms with Crippen molar-refractivity contribution >= 4 is 62.1 Å². The van der Waals surface area contributed by atoms with E-state index in [1.165, 1.54) is 0 Å². The van der Waals surface area contributed by atoms with Gasteiger partial charge in [0.1, 0.15) is 17.4 Å². The third-order valence-corrected chi connectivity index (χ3v) is 7.27. The molecule has 1 amide bonds. The maximum absolute atomic E-state index is 13.8. The maximum atomic E-state index is 13.8. The van der Waals surface area contributed by atoms with E-state index in [1.54, 1.807) is 31.4 Å². The van der Waals surface area contributed by atoms with E-state index in [0.29, 0.717) is 27.3 Å². The second kappa shape index (κ2) is 8.76. The SMILES string of the molecule is COc1ccc2c(c1)[C@H]1NC(=S)N(c3ccc(Br)cc3)[C@@](C)(O2)[C@@H]1C(=O)Nc1ccc(Cl)cc1. The highest BCUT2D eigenvalue weighted by Crippen LogP contribution is 2.50. The van der Waals surface area contributed by atoms with Crippen molar-refractivity contribution in [3.8, 4) is 11.5 Å². The van der Waals surface area contributed by atoms with Gasteiger partial charge in [-0.15, -0.1) is 0 Å². The van der Waals surface area contributed by atoms with Crippen molar-refractivity contribution in [3.05, 3.63) is 81.8 Å². The van der Waals surface area contributed by atoms with Crippen LogP contribution < -0.4 is 25.0 Å². The van der Waals surface area contributed by atoms with Crippen molar-refractivity contribution in [1.82, 2.24) is 5.32 Å². The maximum Gasteiger partial charge on any atom is 0.236 e. The van der Waals surface area contributed by atoms with E-state index < -0.39 is 17.7 Å². The zero-order valence-electron chi connectivity index (χ0n) is 18.3. The molecule has 0 unspecified atom stereocenters. The van der Waals surface area contributed by atoms with Gasteiger partial charge in [0.25, 0.3) is 0 Å². The monoisotopic (exact) mass is 557 g/mol. The van der Waals surface area contributed by atoms with E-state index in [4.69, 9.17) is 33.3 Å². The molecule has 34 heavy (non-hydrogen) atoms. The molecule has 5 rings (SSSR count). The lowest BCUT2D eigenvalue weighted by Gasteiger charge is -2.56. The molecule has 3 aromatic carbocycles. The van der Waals surface area contributed by atoms with Gasteiger partial charge in [-0.1, -0.05) is 27.5 Å². The predicted molar refractivity (Wildman–Crippen MR) is 141 cm³/mol. The second-order valence-corrected chi connectivity index (χ2v) is 10.0. The van der Waals surface area contributed by atoms with Gasteiger partial charge in [-0.25, -0.2) is 0 Å². The molecule has 9 heteroatoms. The summed E-state index contributed by atoms with van der Waals surface area (Å²) in [6, 6.07) is 19.9. The van der Waals surface area contributed by atoms with Gasteiger partial charge in [0.05, 0.1) is 13.2 Å². The molecule has 2 N–H and O–H groups in total. The van der Waals surface area contributed by atoms with Crippen LogP contribution in [0.25, 0.3) is 0 Å². The van der Waals surface area contributed by atoms with Crippen molar-refractivity contribution in [2.75, 3.05) is 17.3 Å². The zero-order chi connectivity index (χ0) is 24.0. The Hall–Kier alpha value is -2.81. The fourth-order valence-corrected chi connectivity index (χ4v) is 5.42. The number of hydrogen-bond donors (Lipinski definition) is 2. The third-order valence-electron chi connectivity index (χ3n) is 6.18. The number of carbonyl (C=O) groups is 1. The Morgan fingerprint density at radius 1 is 1.18 bits per heavy atom. The largest absolute Gasteiger partial charge is 0.497 e. The number of nitrogens with one attached hydrogen (secondary N) is 2. The van der Waals surface area contributed by atoms with E-state index in [1.807, 2.05) is 54.3 Å². The number of anilines is 2. The molecule has 2 heterocycles. The molecule has 2 aliphatic rings. The number of amides is 1. The number of benzene rings is 3. The van der Waals surface area contributed by atoms with Gasteiger partial charge in [-0.05, 0) is 85.9 Å². The smallest absolute Gasteiger partial charge is 0.236 e. The quantitative estimate of drug-likeness (QED) is 0.388. The van der Waals surface area contributed by atoms with Gasteiger partial charge in [0, 0.05) is 26.4 Å². The summed E-state index contributed by atoms with van der Waals surface area (Å²) in [5, 5.41) is 7.49. The van der Waals surface area contributed by atoms with E-state index in [0.717, 1.165) is 15.7 Å². The van der Waals surface area contributed by atoms with Gasteiger partial charge >= 0.3 is 0 Å². The number of hydrogen-bond acceptors (Lipinski definition) is 4. The van der Waals surface area contributed by atoms with Crippen molar-refractivity contribution in [1.29, 1.82) is 0 Å². The number of carbonyl (C=O) groups excluding carboxylic acids is 1. The topological polar surface area (TPSA) is 62.8 Å². The molecule has 0 aromatic heterocycles. The number of halogens is 2. The molecule has 6 nitrogen and oxygen atoms in total. The molecule has 174 valence electrons.